The minimum atomic E-state index is 0. The van der Waals surface area contributed by atoms with Gasteiger partial charge < -0.3 is 20.1 Å². The third-order valence-corrected chi connectivity index (χ3v) is 6.15. The number of thiophene rings is 1. The molecule has 0 aliphatic carbocycles. The van der Waals surface area contributed by atoms with Gasteiger partial charge in [-0.1, -0.05) is 24.3 Å². The van der Waals surface area contributed by atoms with Crippen LogP contribution in [0, 0.1) is 6.92 Å². The summed E-state index contributed by atoms with van der Waals surface area (Å²) in [7, 11) is 0. The number of aliphatic imine (C=N–C) groups is 1. The maximum absolute atomic E-state index is 6.01. The minimum absolute atomic E-state index is 0. The second-order valence-corrected chi connectivity index (χ2v) is 9.27. The van der Waals surface area contributed by atoms with Gasteiger partial charge >= 0.3 is 0 Å². The summed E-state index contributed by atoms with van der Waals surface area (Å²) >= 11 is 1.86. The quantitative estimate of drug-likeness (QED) is 0.257. The number of halogens is 1. The van der Waals surface area contributed by atoms with E-state index in [9.17, 15) is 0 Å². The summed E-state index contributed by atoms with van der Waals surface area (Å²) in [4.78, 5) is 7.54. The van der Waals surface area contributed by atoms with Crippen LogP contribution < -0.4 is 10.6 Å². The Kier molecular flexibility index (Phi) is 11.9. The zero-order valence-electron chi connectivity index (χ0n) is 18.9. The molecule has 1 fully saturated rings. The first-order valence-electron chi connectivity index (χ1n) is 11.0. The molecule has 2 aromatic rings. The van der Waals surface area contributed by atoms with Crippen molar-refractivity contribution in [3.63, 3.8) is 0 Å². The second kappa shape index (κ2) is 14.1. The van der Waals surface area contributed by atoms with Crippen LogP contribution in [0.25, 0.3) is 0 Å². The molecule has 1 aliphatic rings. The molecule has 1 aromatic carbocycles. The van der Waals surface area contributed by atoms with Gasteiger partial charge in [-0.2, -0.15) is 0 Å². The average molecular weight is 558 g/mol. The lowest BCUT2D eigenvalue weighted by atomic mass is 10.1. The lowest BCUT2D eigenvalue weighted by Crippen LogP contribution is -2.43. The summed E-state index contributed by atoms with van der Waals surface area (Å²) in [5.41, 5.74) is 2.41. The Morgan fingerprint density at radius 3 is 2.52 bits per heavy atom. The van der Waals surface area contributed by atoms with Crippen LogP contribution in [0.4, 0.5) is 0 Å². The number of hydrogen-bond acceptors (Lipinski definition) is 4. The molecule has 1 saturated heterocycles. The molecular weight excluding hydrogens is 521 g/mol. The van der Waals surface area contributed by atoms with E-state index in [2.05, 4.69) is 67.8 Å². The van der Waals surface area contributed by atoms with Gasteiger partial charge in [0, 0.05) is 42.0 Å². The van der Waals surface area contributed by atoms with Crippen LogP contribution >= 0.6 is 35.3 Å². The predicted octanol–water partition coefficient (Wildman–Crippen LogP) is 5.06. The summed E-state index contributed by atoms with van der Waals surface area (Å²) in [6.45, 7) is 10.2. The zero-order valence-corrected chi connectivity index (χ0v) is 22.0. The van der Waals surface area contributed by atoms with E-state index >= 15 is 0 Å². The number of rotatable bonds is 9. The Labute approximate surface area is 208 Å². The van der Waals surface area contributed by atoms with Gasteiger partial charge in [0.1, 0.15) is 0 Å². The first-order valence-corrected chi connectivity index (χ1v) is 11.8. The summed E-state index contributed by atoms with van der Waals surface area (Å²) in [6, 6.07) is 13.3. The predicted molar refractivity (Wildman–Crippen MR) is 141 cm³/mol. The number of nitrogens with one attached hydrogen (secondary N) is 2. The molecule has 1 atom stereocenters. The van der Waals surface area contributed by atoms with Gasteiger partial charge in [-0.25, -0.2) is 4.99 Å². The summed E-state index contributed by atoms with van der Waals surface area (Å²) < 4.78 is 11.4. The second-order valence-electron chi connectivity index (χ2n) is 7.90. The molecule has 2 heterocycles. The maximum Gasteiger partial charge on any atom is 0.191 e. The van der Waals surface area contributed by atoms with E-state index in [0.717, 1.165) is 45.0 Å². The minimum Gasteiger partial charge on any atom is -0.381 e. The van der Waals surface area contributed by atoms with Crippen molar-refractivity contribution in [2.45, 2.75) is 65.3 Å². The highest BCUT2D eigenvalue weighted by molar-refractivity contribution is 14.0. The number of benzene rings is 1. The van der Waals surface area contributed by atoms with E-state index in [0.29, 0.717) is 25.3 Å². The number of ether oxygens (including phenoxy) is 2. The number of aryl methyl sites for hydroxylation is 1. The van der Waals surface area contributed by atoms with Crippen LogP contribution in [0.3, 0.4) is 0 Å². The Balaban J connectivity index is 0.00000341. The van der Waals surface area contributed by atoms with Crippen molar-refractivity contribution in [3.8, 4) is 0 Å². The largest absolute Gasteiger partial charge is 0.381 e. The molecule has 0 saturated carbocycles. The average Bonchev–Trinajstić information content (AvgIpc) is 3.16. The molecular formula is C24H36IN3O2S. The maximum atomic E-state index is 6.01. The Hall–Kier alpha value is -1.16. The molecule has 0 spiro atoms. The van der Waals surface area contributed by atoms with Crippen molar-refractivity contribution >= 4 is 41.3 Å². The standard InChI is InChI=1S/C24H35N3O2S.HI/c1-4-25-24(27-18(2)15-23-10-5-19(3)30-23)26-16-20-6-8-21(9-7-20)17-29-22-11-13-28-14-12-22;/h5-10,18,22H,4,11-17H2,1-3H3,(H2,25,26,27);1H. The summed E-state index contributed by atoms with van der Waals surface area (Å²) in [6.07, 6.45) is 3.33. The van der Waals surface area contributed by atoms with Gasteiger partial charge in [0.05, 0.1) is 19.3 Å². The van der Waals surface area contributed by atoms with E-state index in [-0.39, 0.29) is 24.0 Å². The van der Waals surface area contributed by atoms with Crippen molar-refractivity contribution in [1.82, 2.24) is 10.6 Å². The Bertz CT molecular complexity index is 788. The van der Waals surface area contributed by atoms with Crippen molar-refractivity contribution in [3.05, 3.63) is 57.3 Å². The highest BCUT2D eigenvalue weighted by Crippen LogP contribution is 2.17. The normalized spacial score (nSPS) is 15.9. The number of nitrogens with zero attached hydrogens (tertiary/aromatic N) is 1. The molecule has 3 rings (SSSR count). The monoisotopic (exact) mass is 557 g/mol. The van der Waals surface area contributed by atoms with Gasteiger partial charge in [0.15, 0.2) is 5.96 Å². The molecule has 0 amide bonds. The first kappa shape index (κ1) is 26.1. The van der Waals surface area contributed by atoms with Crippen LogP contribution in [-0.2, 0) is 29.0 Å². The van der Waals surface area contributed by atoms with Crippen molar-refractivity contribution in [2.24, 2.45) is 4.99 Å². The molecule has 2 N–H and O–H groups in total. The molecule has 31 heavy (non-hydrogen) atoms. The third kappa shape index (κ3) is 9.47. The van der Waals surface area contributed by atoms with Crippen LogP contribution in [-0.4, -0.2) is 37.9 Å². The molecule has 1 aromatic heterocycles. The fourth-order valence-electron chi connectivity index (χ4n) is 3.47. The number of guanidine groups is 1. The highest BCUT2D eigenvalue weighted by atomic mass is 127. The lowest BCUT2D eigenvalue weighted by Gasteiger charge is -2.22. The topological polar surface area (TPSA) is 54.9 Å². The molecule has 0 radical (unpaired) electrons. The van der Waals surface area contributed by atoms with E-state index in [1.165, 1.54) is 20.9 Å². The van der Waals surface area contributed by atoms with Gasteiger partial charge in [-0.15, -0.1) is 35.3 Å². The molecule has 7 heteroatoms. The van der Waals surface area contributed by atoms with Gasteiger partial charge in [0.25, 0.3) is 0 Å². The fraction of sp³-hybridized carbons (Fsp3) is 0.542. The van der Waals surface area contributed by atoms with E-state index < -0.39 is 0 Å². The SMILES string of the molecule is CCNC(=NCc1ccc(COC2CCOCC2)cc1)NC(C)Cc1ccc(C)s1.I. The number of hydrogen-bond donors (Lipinski definition) is 2. The summed E-state index contributed by atoms with van der Waals surface area (Å²) in [5, 5.41) is 6.88. The molecule has 1 unspecified atom stereocenters. The summed E-state index contributed by atoms with van der Waals surface area (Å²) in [5.74, 6) is 0.866. The van der Waals surface area contributed by atoms with Crippen molar-refractivity contribution in [1.29, 1.82) is 0 Å². The fourth-order valence-corrected chi connectivity index (χ4v) is 4.49. The lowest BCUT2D eigenvalue weighted by molar-refractivity contribution is -0.0390. The van der Waals surface area contributed by atoms with Crippen LogP contribution in [0.1, 0.15) is 47.6 Å². The van der Waals surface area contributed by atoms with Gasteiger partial charge in [-0.3, -0.25) is 0 Å². The molecule has 0 bridgehead atoms. The van der Waals surface area contributed by atoms with Gasteiger partial charge in [0.2, 0.25) is 0 Å². The highest BCUT2D eigenvalue weighted by Gasteiger charge is 2.14. The molecule has 172 valence electrons. The van der Waals surface area contributed by atoms with Crippen LogP contribution in [0.15, 0.2) is 41.4 Å². The first-order chi connectivity index (χ1) is 14.6. The molecule has 1 aliphatic heterocycles. The van der Waals surface area contributed by atoms with E-state index in [1.807, 2.05) is 11.3 Å². The van der Waals surface area contributed by atoms with Crippen LogP contribution in [0.5, 0.6) is 0 Å². The third-order valence-electron chi connectivity index (χ3n) is 5.13. The van der Waals surface area contributed by atoms with Crippen molar-refractivity contribution in [2.75, 3.05) is 19.8 Å². The Morgan fingerprint density at radius 2 is 1.87 bits per heavy atom. The zero-order chi connectivity index (χ0) is 21.2. The van der Waals surface area contributed by atoms with Gasteiger partial charge in [-0.05, 0) is 56.9 Å². The van der Waals surface area contributed by atoms with E-state index in [1.54, 1.807) is 0 Å². The Morgan fingerprint density at radius 1 is 1.16 bits per heavy atom. The van der Waals surface area contributed by atoms with E-state index in [4.69, 9.17) is 14.5 Å². The smallest absolute Gasteiger partial charge is 0.191 e. The van der Waals surface area contributed by atoms with Crippen LogP contribution in [0.2, 0.25) is 0 Å². The van der Waals surface area contributed by atoms with Crippen molar-refractivity contribution < 1.29 is 9.47 Å². The molecule has 5 nitrogen and oxygen atoms in total.